The number of ether oxygens (including phenoxy) is 1. The van der Waals surface area contributed by atoms with Crippen LogP contribution in [0.2, 0.25) is 5.02 Å². The molecule has 3 rings (SSSR count). The van der Waals surface area contributed by atoms with Gasteiger partial charge in [-0.15, -0.1) is 0 Å². The molecule has 1 N–H and O–H groups in total. The monoisotopic (exact) mass is 613 g/mol. The fourth-order valence-electron chi connectivity index (χ4n) is 4.53. The van der Waals surface area contributed by atoms with Gasteiger partial charge in [-0.3, -0.25) is 13.9 Å². The lowest BCUT2D eigenvalue weighted by Gasteiger charge is -2.33. The minimum atomic E-state index is -4.21. The molecule has 0 spiro atoms. The number of hydrogen-bond donors (Lipinski definition) is 1. The molecule has 0 aliphatic heterocycles. The quantitative estimate of drug-likeness (QED) is 0.213. The Labute approximate surface area is 254 Å². The number of unbranched alkanes of at least 4 members (excludes halogenated alkanes) is 1. The zero-order valence-electron chi connectivity index (χ0n) is 24.7. The Morgan fingerprint density at radius 1 is 0.952 bits per heavy atom. The summed E-state index contributed by atoms with van der Waals surface area (Å²) in [6.45, 7) is 7.78. The van der Waals surface area contributed by atoms with Gasteiger partial charge in [0.25, 0.3) is 10.0 Å². The minimum Gasteiger partial charge on any atom is -0.492 e. The summed E-state index contributed by atoms with van der Waals surface area (Å²) in [4.78, 5) is 29.0. The molecule has 0 bridgehead atoms. The van der Waals surface area contributed by atoms with Gasteiger partial charge in [-0.1, -0.05) is 79.9 Å². The molecule has 0 fully saturated rings. The van der Waals surface area contributed by atoms with Gasteiger partial charge in [0, 0.05) is 18.1 Å². The van der Waals surface area contributed by atoms with Crippen molar-refractivity contribution in [2.45, 2.75) is 64.4 Å². The lowest BCUT2D eigenvalue weighted by atomic mass is 10.1. The molecule has 2 amide bonds. The van der Waals surface area contributed by atoms with Gasteiger partial charge in [-0.25, -0.2) is 8.42 Å². The number of aryl methyl sites for hydroxylation is 1. The third-order valence-corrected chi connectivity index (χ3v) is 8.98. The van der Waals surface area contributed by atoms with E-state index in [9.17, 15) is 18.0 Å². The summed E-state index contributed by atoms with van der Waals surface area (Å²) in [6, 6.07) is 19.4. The average Bonchev–Trinajstić information content (AvgIpc) is 2.97. The number of nitrogens with zero attached hydrogens (tertiary/aromatic N) is 2. The number of para-hydroxylation sites is 2. The van der Waals surface area contributed by atoms with E-state index in [0.29, 0.717) is 35.9 Å². The van der Waals surface area contributed by atoms with E-state index >= 15 is 0 Å². The molecular weight excluding hydrogens is 574 g/mol. The van der Waals surface area contributed by atoms with Gasteiger partial charge in [0.1, 0.15) is 18.3 Å². The van der Waals surface area contributed by atoms with E-state index in [4.69, 9.17) is 16.3 Å². The Morgan fingerprint density at radius 2 is 1.62 bits per heavy atom. The fraction of sp³-hybridized carbons (Fsp3) is 0.375. The van der Waals surface area contributed by atoms with Crippen molar-refractivity contribution in [2.24, 2.45) is 0 Å². The van der Waals surface area contributed by atoms with Crippen LogP contribution >= 0.6 is 11.6 Å². The molecule has 1 atom stereocenters. The number of benzene rings is 3. The highest BCUT2D eigenvalue weighted by Crippen LogP contribution is 2.33. The van der Waals surface area contributed by atoms with Crippen LogP contribution in [0.1, 0.15) is 51.2 Å². The topological polar surface area (TPSA) is 96.0 Å². The molecule has 3 aromatic carbocycles. The fourth-order valence-corrected chi connectivity index (χ4v) is 6.15. The molecule has 0 saturated carbocycles. The SMILES string of the molecule is CCCCNC(=O)[C@H](CC)N(Cc1ccccc1Cl)C(=O)CN(c1ccccc1OCC)S(=O)(=O)c1ccc(C)cc1. The Bertz CT molecular complexity index is 1450. The Hall–Kier alpha value is -3.56. The van der Waals surface area contributed by atoms with Gasteiger partial charge < -0.3 is 15.0 Å². The summed E-state index contributed by atoms with van der Waals surface area (Å²) in [5.74, 6) is -0.520. The second-order valence-corrected chi connectivity index (χ2v) is 12.2. The van der Waals surface area contributed by atoms with Crippen molar-refractivity contribution < 1.29 is 22.7 Å². The van der Waals surface area contributed by atoms with Crippen molar-refractivity contribution in [3.05, 3.63) is 88.9 Å². The standard InChI is InChI=1S/C32H40ClN3O5S/c1-5-8-21-34-32(38)28(6-2)35(22-25-13-9-10-14-27(25)33)31(37)23-36(29-15-11-12-16-30(29)41-7-3)42(39,40)26-19-17-24(4)18-20-26/h9-20,28H,5-8,21-23H2,1-4H3,(H,34,38)/t28-/m0/s1. The normalized spacial score (nSPS) is 11.9. The number of amides is 2. The van der Waals surface area contributed by atoms with E-state index in [2.05, 4.69) is 5.32 Å². The molecule has 0 aliphatic rings. The lowest BCUT2D eigenvalue weighted by Crippen LogP contribution is -2.52. The predicted octanol–water partition coefficient (Wildman–Crippen LogP) is 5.97. The molecular formula is C32H40ClN3O5S. The van der Waals surface area contributed by atoms with E-state index in [0.717, 1.165) is 22.7 Å². The number of hydrogen-bond acceptors (Lipinski definition) is 5. The van der Waals surface area contributed by atoms with Crippen molar-refractivity contribution in [3.8, 4) is 5.75 Å². The molecule has 10 heteroatoms. The van der Waals surface area contributed by atoms with Crippen molar-refractivity contribution in [1.29, 1.82) is 0 Å². The number of anilines is 1. The second-order valence-electron chi connectivity index (χ2n) is 9.91. The molecule has 0 aromatic heterocycles. The van der Waals surface area contributed by atoms with Gasteiger partial charge in [0.05, 0.1) is 17.2 Å². The zero-order chi connectivity index (χ0) is 30.7. The van der Waals surface area contributed by atoms with Crippen molar-refractivity contribution >= 4 is 39.1 Å². The summed E-state index contributed by atoms with van der Waals surface area (Å²) in [6.07, 6.45) is 2.04. The first kappa shape index (κ1) is 32.9. The van der Waals surface area contributed by atoms with Crippen molar-refractivity contribution in [2.75, 3.05) is 24.0 Å². The maximum absolute atomic E-state index is 14.2. The highest BCUT2D eigenvalue weighted by atomic mass is 35.5. The molecule has 3 aromatic rings. The number of sulfonamides is 1. The maximum Gasteiger partial charge on any atom is 0.264 e. The highest BCUT2D eigenvalue weighted by molar-refractivity contribution is 7.92. The van der Waals surface area contributed by atoms with Crippen LogP contribution in [-0.2, 0) is 26.2 Å². The molecule has 8 nitrogen and oxygen atoms in total. The van der Waals surface area contributed by atoms with Crippen molar-refractivity contribution in [1.82, 2.24) is 10.2 Å². The summed E-state index contributed by atoms with van der Waals surface area (Å²) >= 11 is 6.46. The minimum absolute atomic E-state index is 0.0315. The first-order valence-corrected chi connectivity index (χ1v) is 16.1. The van der Waals surface area contributed by atoms with Crippen LogP contribution in [0.5, 0.6) is 5.75 Å². The summed E-state index contributed by atoms with van der Waals surface area (Å²) in [5, 5.41) is 3.37. The first-order valence-electron chi connectivity index (χ1n) is 14.3. The maximum atomic E-state index is 14.2. The van der Waals surface area contributed by atoms with Crippen molar-refractivity contribution in [3.63, 3.8) is 0 Å². The van der Waals surface area contributed by atoms with E-state index in [-0.39, 0.29) is 23.0 Å². The summed E-state index contributed by atoms with van der Waals surface area (Å²) in [5.41, 5.74) is 1.78. The highest BCUT2D eigenvalue weighted by Gasteiger charge is 2.35. The smallest absolute Gasteiger partial charge is 0.264 e. The summed E-state index contributed by atoms with van der Waals surface area (Å²) < 4.78 is 35.1. The van der Waals surface area contributed by atoms with Gasteiger partial charge in [-0.05, 0) is 62.6 Å². The third kappa shape index (κ3) is 8.26. The van der Waals surface area contributed by atoms with Crippen LogP contribution in [0.4, 0.5) is 5.69 Å². The molecule has 42 heavy (non-hydrogen) atoms. The van der Waals surface area contributed by atoms with Gasteiger partial charge in [0.15, 0.2) is 0 Å². The second kappa shape index (κ2) is 15.6. The number of nitrogens with one attached hydrogen (secondary N) is 1. The molecule has 0 saturated heterocycles. The van der Waals surface area contributed by atoms with Crippen LogP contribution in [0, 0.1) is 6.92 Å². The first-order chi connectivity index (χ1) is 20.1. The molecule has 226 valence electrons. The van der Waals surface area contributed by atoms with Crippen LogP contribution in [0.3, 0.4) is 0 Å². The Kier molecular flexibility index (Phi) is 12.2. The molecule has 0 aliphatic carbocycles. The van der Waals surface area contributed by atoms with Gasteiger partial charge >= 0.3 is 0 Å². The van der Waals surface area contributed by atoms with E-state index < -0.39 is 28.5 Å². The molecule has 0 unspecified atom stereocenters. The van der Waals surface area contributed by atoms with Crippen LogP contribution in [-0.4, -0.2) is 50.9 Å². The van der Waals surface area contributed by atoms with Crippen LogP contribution in [0.15, 0.2) is 77.7 Å². The largest absolute Gasteiger partial charge is 0.492 e. The number of rotatable bonds is 15. The average molecular weight is 614 g/mol. The molecule has 0 heterocycles. The third-order valence-electron chi connectivity index (χ3n) is 6.84. The number of carbonyl (C=O) groups excluding carboxylic acids is 2. The zero-order valence-corrected chi connectivity index (χ0v) is 26.2. The van der Waals surface area contributed by atoms with Gasteiger partial charge in [-0.2, -0.15) is 0 Å². The summed E-state index contributed by atoms with van der Waals surface area (Å²) in [7, 11) is -4.21. The van der Waals surface area contributed by atoms with E-state index in [1.807, 2.05) is 20.8 Å². The predicted molar refractivity (Wildman–Crippen MR) is 167 cm³/mol. The molecule has 0 radical (unpaired) electrons. The number of carbonyl (C=O) groups is 2. The number of halogens is 1. The lowest BCUT2D eigenvalue weighted by molar-refractivity contribution is -0.140. The van der Waals surface area contributed by atoms with Crippen LogP contribution < -0.4 is 14.4 Å². The van der Waals surface area contributed by atoms with E-state index in [1.165, 1.54) is 17.0 Å². The van der Waals surface area contributed by atoms with Crippen LogP contribution in [0.25, 0.3) is 0 Å². The van der Waals surface area contributed by atoms with E-state index in [1.54, 1.807) is 67.6 Å². The Balaban J connectivity index is 2.10. The van der Waals surface area contributed by atoms with Gasteiger partial charge in [0.2, 0.25) is 11.8 Å². The Morgan fingerprint density at radius 3 is 2.26 bits per heavy atom.